The fourth-order valence-electron chi connectivity index (χ4n) is 12.3. The van der Waals surface area contributed by atoms with Crippen molar-refractivity contribution in [1.29, 1.82) is 0 Å². The predicted molar refractivity (Wildman–Crippen MR) is 390 cm³/mol. The molecular weight excluding hydrogens is 1360 g/mol. The van der Waals surface area contributed by atoms with Crippen LogP contribution in [0.3, 0.4) is 0 Å². The molecule has 3 aromatic heterocycles. The molecule has 0 unspecified atom stereocenters. The molecule has 94 heavy (non-hydrogen) atoms. The molecule has 0 spiro atoms. The van der Waals surface area contributed by atoms with E-state index in [0.29, 0.717) is 22.5 Å². The average molecular weight is 1460 g/mol. The second kappa shape index (κ2) is 25.1. The Balaban J connectivity index is 0.0000125. The quantitative estimate of drug-likeness (QED) is 0.0471. The van der Waals surface area contributed by atoms with Gasteiger partial charge in [-0.3, -0.25) is 4.57 Å². The van der Waals surface area contributed by atoms with Gasteiger partial charge in [0.25, 0.3) is 6.33 Å². The van der Waals surface area contributed by atoms with Crippen molar-refractivity contribution in [2.45, 2.75) is 52.4 Å². The fourth-order valence-corrected chi connectivity index (χ4v) is 20.4. The van der Waals surface area contributed by atoms with Crippen molar-refractivity contribution < 1.29 is 71.5 Å². The minimum atomic E-state index is -6.75. The molecule has 0 amide bonds. The summed E-state index contributed by atoms with van der Waals surface area (Å²) >= 11 is 0. The van der Waals surface area contributed by atoms with E-state index in [2.05, 4.69) is 39.2 Å². The third-order valence-corrected chi connectivity index (χ3v) is 25.1. The van der Waals surface area contributed by atoms with E-state index in [0.717, 1.165) is 50.2 Å². The van der Waals surface area contributed by atoms with Crippen molar-refractivity contribution in [2.24, 2.45) is 0 Å². The zero-order chi connectivity index (χ0) is 89.4. The maximum absolute atomic E-state index is 10.4. The largest absolute Gasteiger partial charge is 0.510 e. The van der Waals surface area contributed by atoms with E-state index in [1.807, 2.05) is 92.1 Å². The second-order valence-corrected chi connectivity index (χ2v) is 31.2. The minimum Gasteiger partial charge on any atom is -0.510 e. The molecule has 0 N–H and O–H groups in total. The molecule has 0 saturated heterocycles. The van der Waals surface area contributed by atoms with Crippen LogP contribution in [0, 0.1) is 18.5 Å². The number of imidazole rings is 1. The topological polar surface area (TPSA) is 35.9 Å². The first kappa shape index (κ1) is 35.9. The van der Waals surface area contributed by atoms with E-state index in [1.165, 1.54) is 10.6 Å². The number of aromatic nitrogens is 4. The molecule has 0 fully saturated rings. The van der Waals surface area contributed by atoms with Gasteiger partial charge in [-0.05, 0) is 110 Å². The van der Waals surface area contributed by atoms with Gasteiger partial charge in [0.05, 0.1) is 57.8 Å². The molecular formula is C86H70N4OPtSi2-2. The maximum atomic E-state index is 10.4. The predicted octanol–water partition coefficient (Wildman–Crippen LogP) is 14.6. The second-order valence-electron chi connectivity index (χ2n) is 24.1. The molecule has 8 heteroatoms. The maximum Gasteiger partial charge on any atom is 0.268 e. The smallest absolute Gasteiger partial charge is 0.268 e. The van der Waals surface area contributed by atoms with Gasteiger partial charge < -0.3 is 13.9 Å². The Bertz CT molecular complexity index is 6360. The van der Waals surface area contributed by atoms with Crippen molar-refractivity contribution in [3.63, 3.8) is 0 Å². The first-order valence-electron chi connectivity index (χ1n) is 44.6. The van der Waals surface area contributed by atoms with Gasteiger partial charge >= 0.3 is 0 Å². The van der Waals surface area contributed by atoms with E-state index < -0.39 is 245 Å². The summed E-state index contributed by atoms with van der Waals surface area (Å²) in [5.74, 6) is 0.740. The van der Waals surface area contributed by atoms with Crippen LogP contribution in [0.25, 0.3) is 61.2 Å². The summed E-state index contributed by atoms with van der Waals surface area (Å²) in [5, 5.41) is -6.56. The Hall–Kier alpha value is -10.0. The van der Waals surface area contributed by atoms with E-state index in [-0.39, 0.29) is 60.1 Å². The Morgan fingerprint density at radius 1 is 0.436 bits per heavy atom. The summed E-state index contributed by atoms with van der Waals surface area (Å²) in [6.45, 7) is 12.3. The Labute approximate surface area is 610 Å². The van der Waals surface area contributed by atoms with Gasteiger partial charge in [-0.25, -0.2) is 4.98 Å². The SMILES string of the molecule is [2H]c1c([2H])c([2H])c([Si](c2cccc([Si](c3c([2H])c([2H])c([2H])c([2H])c3[2H])(c3c([2H])c([2H])c([2H])c([2H])c3[2H])c3c([2H])c([2H])c([2H])c([2H])c3[2H])c2-[n+]2[c-]n(-c3[c-]c(Oc4[c-]c5c(cc4)c4ccccc4n5-c4cc(C(C)(C)C)ccn4)ccc3)c3cc(-c4ccc(C(C)(C)C)cc4)ccc32)(c2c([2H])c([2H])c([2H])c([2H])c2[2H])c2c([2H])c([2H])c([2H])c([2H])c2[2H])c([2H])c1[2H].[Pt]. The van der Waals surface area contributed by atoms with Gasteiger partial charge in [0.1, 0.15) is 5.82 Å². The molecule has 5 nitrogen and oxygen atoms in total. The normalized spacial score (nSPS) is 16.5. The van der Waals surface area contributed by atoms with Crippen LogP contribution < -0.4 is 50.8 Å². The van der Waals surface area contributed by atoms with Gasteiger partial charge in [0.15, 0.2) is 16.1 Å². The standard InChI is InChI=1S/C86H70N4OSi2.Pt/c1-85(2,3)64-50-47-62(48-51-64)63-49-54-78-80(57-63)88(66-29-27-30-67(59-66)91-68-52-53-76-75-43-25-26-44-77(75)90(79(76)60-68)83-58-65(55-56-87-83)86(4,5)6)61-89(78)84-81(92(69-31-13-7-14-32-69,70-33-15-8-16-34-70)71-35-17-9-18-36-71)45-28-46-82(84)93(72-37-19-10-20-38-72,73-39-21-11-22-40-73)74-41-23-12-24-42-74;/h7-58H,1-6H3;/q-2;/i7D,8D,9D,10D,11D,12D,13D,14D,15D,16D,17D,18D,19D,20D,21D,22D,23D,24D,31D,32D,33D,34D,35D,36D,37D,38D,39D,40D,41D,42D;. The van der Waals surface area contributed by atoms with Crippen LogP contribution in [0.5, 0.6) is 11.5 Å². The number of para-hydroxylation sites is 2. The molecule has 0 aliphatic carbocycles. The van der Waals surface area contributed by atoms with Crippen molar-refractivity contribution in [3.8, 4) is 39.8 Å². The van der Waals surface area contributed by atoms with Crippen LogP contribution in [-0.2, 0) is 31.9 Å². The Morgan fingerprint density at radius 2 is 0.915 bits per heavy atom. The molecule has 460 valence electrons. The minimum absolute atomic E-state index is 0. The first-order valence-corrected chi connectivity index (χ1v) is 33.6. The van der Waals surface area contributed by atoms with Gasteiger partial charge in [0, 0.05) is 44.3 Å². The number of pyridine rings is 1. The van der Waals surface area contributed by atoms with Crippen LogP contribution in [0.1, 0.15) is 93.8 Å². The summed E-state index contributed by atoms with van der Waals surface area (Å²) in [7, 11) is -13.5. The van der Waals surface area contributed by atoms with Gasteiger partial charge in [-0.1, -0.05) is 301 Å². The fraction of sp³-hybridized carbons (Fsp3) is 0.0930. The molecule has 15 aromatic rings. The van der Waals surface area contributed by atoms with Gasteiger partial charge in [-0.2, -0.15) is 18.2 Å². The molecule has 0 saturated carbocycles. The number of hydrogen-bond donors (Lipinski definition) is 0. The summed E-state index contributed by atoms with van der Waals surface area (Å²) in [4.78, 5) is 4.84. The average Bonchev–Trinajstić information content (AvgIpc) is 0.782. The number of rotatable bonds is 14. The molecule has 0 atom stereocenters. The number of fused-ring (bicyclic) bond motifs is 4. The molecule has 0 aliphatic rings. The molecule has 0 radical (unpaired) electrons. The summed E-state index contributed by atoms with van der Waals surface area (Å²) < 4.78 is 307. The van der Waals surface area contributed by atoms with Crippen molar-refractivity contribution in [2.75, 3.05) is 0 Å². The monoisotopic (exact) mass is 1460 g/mol. The van der Waals surface area contributed by atoms with Crippen molar-refractivity contribution >= 4 is 90.5 Å². The summed E-state index contributed by atoms with van der Waals surface area (Å²) in [6.07, 6.45) is 5.12. The number of benzene rings is 12. The van der Waals surface area contributed by atoms with Crippen LogP contribution in [0.15, 0.2) is 315 Å². The molecule has 3 heterocycles. The first-order chi connectivity index (χ1) is 57.8. The van der Waals surface area contributed by atoms with Crippen LogP contribution in [0.4, 0.5) is 0 Å². The molecule has 0 bridgehead atoms. The summed E-state index contributed by atoms with van der Waals surface area (Å²) in [6, 6.07) is 5.85. The zero-order valence-electron chi connectivity index (χ0n) is 81.2. The van der Waals surface area contributed by atoms with Crippen molar-refractivity contribution in [3.05, 3.63) is 344 Å². The number of hydrogen-bond acceptors (Lipinski definition) is 2. The van der Waals surface area contributed by atoms with Gasteiger partial charge in [0.2, 0.25) is 0 Å². The molecule has 12 aromatic carbocycles. The Kier molecular flexibility index (Phi) is 9.59. The van der Waals surface area contributed by atoms with E-state index in [9.17, 15) is 32.9 Å². The third-order valence-electron chi connectivity index (χ3n) is 16.7. The van der Waals surface area contributed by atoms with E-state index >= 15 is 0 Å². The third kappa shape index (κ3) is 10.8. The number of ether oxygens (including phenoxy) is 1. The molecule has 0 aliphatic heterocycles. The van der Waals surface area contributed by atoms with E-state index in [1.54, 1.807) is 42.6 Å². The zero-order valence-corrected chi connectivity index (χ0v) is 55.5. The summed E-state index contributed by atoms with van der Waals surface area (Å²) in [5.41, 5.74) is 2.73. The molecule has 15 rings (SSSR count). The van der Waals surface area contributed by atoms with Crippen LogP contribution >= 0.6 is 0 Å². The van der Waals surface area contributed by atoms with E-state index in [4.69, 9.17) is 17.9 Å². The van der Waals surface area contributed by atoms with Crippen LogP contribution in [0.2, 0.25) is 0 Å². The number of nitrogens with zero attached hydrogens (tertiary/aromatic N) is 4. The Morgan fingerprint density at radius 3 is 1.43 bits per heavy atom. The van der Waals surface area contributed by atoms with Crippen LogP contribution in [-0.4, -0.2) is 30.3 Å². The van der Waals surface area contributed by atoms with Crippen molar-refractivity contribution in [1.82, 2.24) is 14.1 Å². The van der Waals surface area contributed by atoms with Gasteiger partial charge in [-0.15, -0.1) is 29.7 Å².